The Bertz CT molecular complexity index is 813. The average Bonchev–Trinajstić information content (AvgIpc) is 2.75. The van der Waals surface area contributed by atoms with Crippen molar-refractivity contribution in [3.8, 4) is 11.1 Å². The second kappa shape index (κ2) is 10.4. The number of nitrogens with one attached hydrogen (secondary N) is 1. The first-order valence-corrected chi connectivity index (χ1v) is 11.2. The topological polar surface area (TPSA) is 29.1 Å². The number of aryl methyl sites for hydroxylation is 2. The number of hydrogen-bond donors (Lipinski definition) is 1. The van der Waals surface area contributed by atoms with Gasteiger partial charge in [0.25, 0.3) is 0 Å². The van der Waals surface area contributed by atoms with Crippen LogP contribution in [0.1, 0.15) is 74.5 Å². The highest BCUT2D eigenvalue weighted by atomic mass is 16.1. The minimum atomic E-state index is -0.0509. The summed E-state index contributed by atoms with van der Waals surface area (Å²) in [6.07, 6.45) is 10.8. The van der Waals surface area contributed by atoms with Gasteiger partial charge in [0.2, 0.25) is 5.91 Å². The zero-order valence-electron chi connectivity index (χ0n) is 18.0. The molecule has 2 nitrogen and oxygen atoms in total. The summed E-state index contributed by atoms with van der Waals surface area (Å²) in [6.45, 7) is 8.02. The lowest BCUT2D eigenvalue weighted by atomic mass is 9.80. The van der Waals surface area contributed by atoms with Gasteiger partial charge in [-0.25, -0.2) is 0 Å². The Morgan fingerprint density at radius 1 is 1.07 bits per heavy atom. The number of carbonyl (C=O) groups excluding carboxylic acids is 1. The van der Waals surface area contributed by atoms with E-state index in [1.807, 2.05) is 0 Å². The molecule has 0 aromatic heterocycles. The molecule has 1 saturated carbocycles. The summed E-state index contributed by atoms with van der Waals surface area (Å²) in [5.41, 5.74) is 6.88. The molecule has 1 aliphatic rings. The van der Waals surface area contributed by atoms with Gasteiger partial charge in [-0.3, -0.25) is 4.79 Å². The third kappa shape index (κ3) is 5.82. The Hall–Kier alpha value is -2.35. The molecular weight excluding hydrogens is 354 g/mol. The van der Waals surface area contributed by atoms with Crippen molar-refractivity contribution in [1.29, 1.82) is 0 Å². The van der Waals surface area contributed by atoms with Gasteiger partial charge in [-0.1, -0.05) is 68.8 Å². The molecule has 0 aliphatic heterocycles. The summed E-state index contributed by atoms with van der Waals surface area (Å²) in [5, 5.41) is 3.05. The van der Waals surface area contributed by atoms with Crippen LogP contribution in [0.3, 0.4) is 0 Å². The maximum absolute atomic E-state index is 11.5. The van der Waals surface area contributed by atoms with Gasteiger partial charge in [-0.15, -0.1) is 0 Å². The van der Waals surface area contributed by atoms with Crippen molar-refractivity contribution in [1.82, 2.24) is 5.32 Å². The normalized spacial score (nSPS) is 19.0. The Morgan fingerprint density at radius 3 is 2.41 bits per heavy atom. The number of unbranched alkanes of at least 4 members (excludes halogenated alkanes) is 2. The van der Waals surface area contributed by atoms with E-state index in [9.17, 15) is 4.79 Å². The summed E-state index contributed by atoms with van der Waals surface area (Å²) >= 11 is 0. The third-order valence-electron chi connectivity index (χ3n) is 6.31. The quantitative estimate of drug-likeness (QED) is 0.394. The molecule has 2 aromatic rings. The van der Waals surface area contributed by atoms with Crippen molar-refractivity contribution >= 4 is 5.91 Å². The molecule has 3 rings (SSSR count). The van der Waals surface area contributed by atoms with Gasteiger partial charge >= 0.3 is 0 Å². The van der Waals surface area contributed by atoms with Crippen LogP contribution in [0.5, 0.6) is 0 Å². The lowest BCUT2D eigenvalue weighted by Crippen LogP contribution is -2.36. The zero-order valence-corrected chi connectivity index (χ0v) is 18.0. The number of amides is 1. The van der Waals surface area contributed by atoms with Crippen molar-refractivity contribution in [3.63, 3.8) is 0 Å². The van der Waals surface area contributed by atoms with Gasteiger partial charge in [-0.05, 0) is 85.3 Å². The molecule has 29 heavy (non-hydrogen) atoms. The number of rotatable bonds is 8. The van der Waals surface area contributed by atoms with Crippen LogP contribution in [0, 0.1) is 6.92 Å². The van der Waals surface area contributed by atoms with Crippen molar-refractivity contribution in [2.45, 2.75) is 77.2 Å². The molecule has 0 spiro atoms. The van der Waals surface area contributed by atoms with Gasteiger partial charge in [0.05, 0.1) is 0 Å². The average molecular weight is 390 g/mol. The van der Waals surface area contributed by atoms with E-state index in [0.717, 1.165) is 25.7 Å². The smallest absolute Gasteiger partial charge is 0.243 e. The molecule has 0 bridgehead atoms. The molecule has 154 valence electrons. The van der Waals surface area contributed by atoms with E-state index in [4.69, 9.17) is 0 Å². The molecule has 2 heteroatoms. The summed E-state index contributed by atoms with van der Waals surface area (Å²) in [4.78, 5) is 11.5. The predicted molar refractivity (Wildman–Crippen MR) is 123 cm³/mol. The monoisotopic (exact) mass is 389 g/mol. The molecule has 1 amide bonds. The third-order valence-corrected chi connectivity index (χ3v) is 6.31. The van der Waals surface area contributed by atoms with Crippen LogP contribution in [0.2, 0.25) is 0 Å². The van der Waals surface area contributed by atoms with Crippen molar-refractivity contribution in [2.24, 2.45) is 0 Å². The molecule has 0 radical (unpaired) electrons. The fourth-order valence-corrected chi connectivity index (χ4v) is 4.53. The van der Waals surface area contributed by atoms with Gasteiger partial charge in [0.1, 0.15) is 0 Å². The van der Waals surface area contributed by atoms with E-state index in [2.05, 4.69) is 68.2 Å². The highest BCUT2D eigenvalue weighted by molar-refractivity contribution is 5.87. The standard InChI is InChI=1S/C27H35NO/c1-4-6-7-8-21-9-11-23(12-10-21)26-18-15-24(19-20(26)3)22-13-16-25(17-14-22)28-27(29)5-2/h5,9-12,15,18-19,22,25H,2,4,6-8,13-14,16-17H2,1,3H3,(H,28,29). The Kier molecular flexibility index (Phi) is 7.69. The maximum atomic E-state index is 11.5. The maximum Gasteiger partial charge on any atom is 0.243 e. The van der Waals surface area contributed by atoms with E-state index in [0.29, 0.717) is 12.0 Å². The second-order valence-electron chi connectivity index (χ2n) is 8.49. The molecule has 0 atom stereocenters. The van der Waals surface area contributed by atoms with Crippen molar-refractivity contribution < 1.29 is 4.79 Å². The van der Waals surface area contributed by atoms with E-state index in [1.165, 1.54) is 59.6 Å². The number of hydrogen-bond acceptors (Lipinski definition) is 1. The van der Waals surface area contributed by atoms with Gasteiger partial charge in [0, 0.05) is 6.04 Å². The summed E-state index contributed by atoms with van der Waals surface area (Å²) in [6, 6.07) is 16.4. The molecule has 0 saturated heterocycles. The fourth-order valence-electron chi connectivity index (χ4n) is 4.53. The first-order valence-electron chi connectivity index (χ1n) is 11.2. The summed E-state index contributed by atoms with van der Waals surface area (Å²) in [7, 11) is 0. The molecule has 0 unspecified atom stereocenters. The van der Waals surface area contributed by atoms with Crippen LogP contribution >= 0.6 is 0 Å². The second-order valence-corrected chi connectivity index (χ2v) is 8.49. The molecule has 1 fully saturated rings. The van der Waals surface area contributed by atoms with Crippen molar-refractivity contribution in [2.75, 3.05) is 0 Å². The zero-order chi connectivity index (χ0) is 20.6. The molecule has 2 aromatic carbocycles. The van der Waals surface area contributed by atoms with E-state index in [1.54, 1.807) is 0 Å². The van der Waals surface area contributed by atoms with E-state index < -0.39 is 0 Å². The van der Waals surface area contributed by atoms with Gasteiger partial charge in [0.15, 0.2) is 0 Å². The Morgan fingerprint density at radius 2 is 1.79 bits per heavy atom. The van der Waals surface area contributed by atoms with Crippen LogP contribution < -0.4 is 5.32 Å². The summed E-state index contributed by atoms with van der Waals surface area (Å²) in [5.74, 6) is 0.547. The van der Waals surface area contributed by atoms with Crippen LogP contribution in [0.25, 0.3) is 11.1 Å². The fraction of sp³-hybridized carbons (Fsp3) is 0.444. The Labute approximate surface area is 176 Å². The highest BCUT2D eigenvalue weighted by Crippen LogP contribution is 2.35. The van der Waals surface area contributed by atoms with Gasteiger partial charge in [-0.2, -0.15) is 0 Å². The van der Waals surface area contributed by atoms with E-state index >= 15 is 0 Å². The first-order chi connectivity index (χ1) is 14.1. The molecule has 1 N–H and O–H groups in total. The van der Waals surface area contributed by atoms with E-state index in [-0.39, 0.29) is 5.91 Å². The van der Waals surface area contributed by atoms with Crippen LogP contribution in [-0.4, -0.2) is 11.9 Å². The highest BCUT2D eigenvalue weighted by Gasteiger charge is 2.23. The van der Waals surface area contributed by atoms with Gasteiger partial charge < -0.3 is 5.32 Å². The lowest BCUT2D eigenvalue weighted by molar-refractivity contribution is -0.117. The number of carbonyl (C=O) groups is 1. The summed E-state index contributed by atoms with van der Waals surface area (Å²) < 4.78 is 0. The first kappa shape index (κ1) is 21.4. The minimum Gasteiger partial charge on any atom is -0.350 e. The van der Waals surface area contributed by atoms with Crippen LogP contribution in [0.15, 0.2) is 55.1 Å². The molecule has 0 heterocycles. The predicted octanol–water partition coefficient (Wildman–Crippen LogP) is 6.72. The van der Waals surface area contributed by atoms with Crippen LogP contribution in [0.4, 0.5) is 0 Å². The van der Waals surface area contributed by atoms with Crippen molar-refractivity contribution in [3.05, 3.63) is 71.8 Å². The number of benzene rings is 2. The SMILES string of the molecule is C=CC(=O)NC1CCC(c2ccc(-c3ccc(CCCCC)cc3)c(C)c2)CC1. The minimum absolute atomic E-state index is 0.0509. The Balaban J connectivity index is 1.62. The lowest BCUT2D eigenvalue weighted by Gasteiger charge is -2.29. The molecular formula is C27H35NO. The molecule has 1 aliphatic carbocycles. The largest absolute Gasteiger partial charge is 0.350 e. The van der Waals surface area contributed by atoms with Crippen LogP contribution in [-0.2, 0) is 11.2 Å².